The van der Waals surface area contributed by atoms with E-state index in [2.05, 4.69) is 52.2 Å². The molecule has 0 bridgehead atoms. The first-order valence-corrected chi connectivity index (χ1v) is 7.52. The number of aryl methyl sites for hydroxylation is 2. The first kappa shape index (κ1) is 16.3. The highest BCUT2D eigenvalue weighted by Gasteiger charge is 2.21. The fourth-order valence-corrected chi connectivity index (χ4v) is 3.03. The molecule has 1 unspecified atom stereocenters. The van der Waals surface area contributed by atoms with E-state index in [0.717, 1.165) is 17.1 Å². The molecule has 0 saturated heterocycles. The Kier molecular flexibility index (Phi) is 5.71. The van der Waals surface area contributed by atoms with E-state index in [4.69, 9.17) is 10.6 Å². The molecule has 108 valence electrons. The minimum absolute atomic E-state index is 0.0970. The summed E-state index contributed by atoms with van der Waals surface area (Å²) in [6.45, 7) is 10.8. The summed E-state index contributed by atoms with van der Waals surface area (Å²) in [5.41, 5.74) is 6.51. The van der Waals surface area contributed by atoms with E-state index in [1.807, 2.05) is 11.8 Å². The van der Waals surface area contributed by atoms with Gasteiger partial charge in [-0.1, -0.05) is 26.8 Å². The summed E-state index contributed by atoms with van der Waals surface area (Å²) in [5.74, 6) is 7.57. The van der Waals surface area contributed by atoms with E-state index >= 15 is 0 Å². The van der Waals surface area contributed by atoms with Crippen molar-refractivity contribution in [1.82, 2.24) is 5.43 Å². The van der Waals surface area contributed by atoms with Crippen LogP contribution in [0.5, 0.6) is 5.75 Å². The van der Waals surface area contributed by atoms with Gasteiger partial charge in [0, 0.05) is 16.1 Å². The summed E-state index contributed by atoms with van der Waals surface area (Å²) in [6.07, 6.45) is 0. The Hall–Kier alpha value is -0.710. The van der Waals surface area contributed by atoms with Crippen molar-refractivity contribution in [2.45, 2.75) is 45.4 Å². The summed E-state index contributed by atoms with van der Waals surface area (Å²) in [5, 5.41) is 0. The summed E-state index contributed by atoms with van der Waals surface area (Å²) in [7, 11) is 1.71. The lowest BCUT2D eigenvalue weighted by Gasteiger charge is -2.25. The first-order chi connectivity index (χ1) is 8.78. The van der Waals surface area contributed by atoms with Crippen molar-refractivity contribution in [3.8, 4) is 5.75 Å². The zero-order chi connectivity index (χ0) is 14.6. The van der Waals surface area contributed by atoms with Crippen molar-refractivity contribution in [3.63, 3.8) is 0 Å². The van der Waals surface area contributed by atoms with Gasteiger partial charge >= 0.3 is 0 Å². The number of hydrazine groups is 1. The zero-order valence-electron chi connectivity index (χ0n) is 12.8. The number of methoxy groups -OCH3 is 1. The third-order valence-corrected chi connectivity index (χ3v) is 4.31. The van der Waals surface area contributed by atoms with Crippen LogP contribution < -0.4 is 16.0 Å². The molecule has 0 aliphatic heterocycles. The fourth-order valence-electron chi connectivity index (χ4n) is 2.10. The van der Waals surface area contributed by atoms with E-state index in [1.54, 1.807) is 7.11 Å². The third kappa shape index (κ3) is 4.71. The van der Waals surface area contributed by atoms with E-state index in [1.165, 1.54) is 11.1 Å². The summed E-state index contributed by atoms with van der Waals surface area (Å²) >= 11 is 1.90. The topological polar surface area (TPSA) is 47.3 Å². The summed E-state index contributed by atoms with van der Waals surface area (Å²) < 4.78 is 5.74. The van der Waals surface area contributed by atoms with Gasteiger partial charge in [0.15, 0.2) is 0 Å². The summed E-state index contributed by atoms with van der Waals surface area (Å²) in [6, 6.07) is 4.33. The van der Waals surface area contributed by atoms with Crippen LogP contribution in [0.3, 0.4) is 0 Å². The van der Waals surface area contributed by atoms with Crippen LogP contribution in [0, 0.1) is 13.8 Å². The molecule has 3 N–H and O–H groups in total. The molecular formula is C15H26N2OS. The molecule has 0 aliphatic carbocycles. The van der Waals surface area contributed by atoms with Gasteiger partial charge in [-0.05, 0) is 31.0 Å². The molecule has 4 heteroatoms. The van der Waals surface area contributed by atoms with Crippen molar-refractivity contribution in [2.75, 3.05) is 12.9 Å². The molecule has 1 aromatic rings. The Balaban J connectivity index is 3.04. The number of hydrogen-bond donors (Lipinski definition) is 2. The Labute approximate surface area is 121 Å². The lowest BCUT2D eigenvalue weighted by molar-refractivity contribution is 0.401. The second-order valence-electron chi connectivity index (χ2n) is 5.84. The second-order valence-corrected chi connectivity index (χ2v) is 7.69. The van der Waals surface area contributed by atoms with Gasteiger partial charge in [-0.2, -0.15) is 11.8 Å². The predicted molar refractivity (Wildman–Crippen MR) is 84.7 cm³/mol. The Bertz CT molecular complexity index is 427. The van der Waals surface area contributed by atoms with E-state index < -0.39 is 0 Å². The SMILES string of the molecule is COc1cc(C)cc(C)c1C(CSC(C)(C)C)NN. The minimum Gasteiger partial charge on any atom is -0.496 e. The average Bonchev–Trinajstić information content (AvgIpc) is 2.29. The fraction of sp³-hybridized carbons (Fsp3) is 0.600. The molecule has 1 rings (SSSR count). The summed E-state index contributed by atoms with van der Waals surface area (Å²) in [4.78, 5) is 0. The van der Waals surface area contributed by atoms with Crippen LogP contribution >= 0.6 is 11.8 Å². The lowest BCUT2D eigenvalue weighted by atomic mass is 9.99. The Morgan fingerprint density at radius 2 is 1.95 bits per heavy atom. The standard InChI is InChI=1S/C15H26N2OS/c1-10-7-11(2)14(13(8-10)18-6)12(17-16)9-19-15(3,4)5/h7-8,12,17H,9,16H2,1-6H3. The van der Waals surface area contributed by atoms with Crippen LogP contribution in [-0.2, 0) is 0 Å². The van der Waals surface area contributed by atoms with Crippen LogP contribution in [0.15, 0.2) is 12.1 Å². The molecule has 0 fully saturated rings. The van der Waals surface area contributed by atoms with Gasteiger partial charge in [-0.25, -0.2) is 0 Å². The van der Waals surface area contributed by atoms with Gasteiger partial charge < -0.3 is 4.74 Å². The number of thioether (sulfide) groups is 1. The van der Waals surface area contributed by atoms with Crippen molar-refractivity contribution >= 4 is 11.8 Å². The molecule has 1 atom stereocenters. The highest BCUT2D eigenvalue weighted by atomic mass is 32.2. The van der Waals surface area contributed by atoms with Crippen molar-refractivity contribution in [2.24, 2.45) is 5.84 Å². The molecule has 3 nitrogen and oxygen atoms in total. The highest BCUT2D eigenvalue weighted by Crippen LogP contribution is 2.34. The van der Waals surface area contributed by atoms with Gasteiger partial charge in [0.2, 0.25) is 0 Å². The molecule has 0 aromatic heterocycles. The predicted octanol–water partition coefficient (Wildman–Crippen LogP) is 3.35. The zero-order valence-corrected chi connectivity index (χ0v) is 13.6. The molecule has 1 aromatic carbocycles. The second kappa shape index (κ2) is 6.64. The maximum Gasteiger partial charge on any atom is 0.124 e. The normalized spacial score (nSPS) is 13.4. The Morgan fingerprint density at radius 3 is 2.42 bits per heavy atom. The van der Waals surface area contributed by atoms with Gasteiger partial charge in [-0.15, -0.1) is 0 Å². The van der Waals surface area contributed by atoms with Crippen molar-refractivity contribution in [1.29, 1.82) is 0 Å². The quantitative estimate of drug-likeness (QED) is 0.642. The van der Waals surface area contributed by atoms with Crippen LogP contribution in [-0.4, -0.2) is 17.6 Å². The number of nitrogens with two attached hydrogens (primary N) is 1. The molecular weight excluding hydrogens is 256 g/mol. The van der Waals surface area contributed by atoms with E-state index in [0.29, 0.717) is 0 Å². The molecule has 0 aliphatic rings. The maximum absolute atomic E-state index is 5.75. The maximum atomic E-state index is 5.75. The van der Waals surface area contributed by atoms with E-state index in [-0.39, 0.29) is 10.8 Å². The Morgan fingerprint density at radius 1 is 1.32 bits per heavy atom. The number of hydrogen-bond acceptors (Lipinski definition) is 4. The van der Waals surface area contributed by atoms with Crippen molar-refractivity contribution < 1.29 is 4.74 Å². The van der Waals surface area contributed by atoms with Gasteiger partial charge in [0.05, 0.1) is 13.2 Å². The number of ether oxygens (including phenoxy) is 1. The molecule has 0 saturated carbocycles. The van der Waals surface area contributed by atoms with E-state index in [9.17, 15) is 0 Å². The highest BCUT2D eigenvalue weighted by molar-refractivity contribution is 8.00. The van der Waals surface area contributed by atoms with Crippen LogP contribution in [0.25, 0.3) is 0 Å². The lowest BCUT2D eigenvalue weighted by Crippen LogP contribution is -2.31. The van der Waals surface area contributed by atoms with Crippen LogP contribution in [0.1, 0.15) is 43.5 Å². The van der Waals surface area contributed by atoms with Gasteiger partial charge in [0.25, 0.3) is 0 Å². The van der Waals surface area contributed by atoms with Crippen LogP contribution in [0.2, 0.25) is 0 Å². The number of nitrogens with one attached hydrogen (secondary N) is 1. The molecule has 19 heavy (non-hydrogen) atoms. The molecule has 0 amide bonds. The van der Waals surface area contributed by atoms with Crippen molar-refractivity contribution in [3.05, 3.63) is 28.8 Å². The molecule has 0 radical (unpaired) electrons. The largest absolute Gasteiger partial charge is 0.496 e. The van der Waals surface area contributed by atoms with Gasteiger partial charge in [-0.3, -0.25) is 11.3 Å². The smallest absolute Gasteiger partial charge is 0.124 e. The third-order valence-electron chi connectivity index (χ3n) is 2.95. The first-order valence-electron chi connectivity index (χ1n) is 6.53. The molecule has 0 spiro atoms. The van der Waals surface area contributed by atoms with Gasteiger partial charge in [0.1, 0.15) is 5.75 Å². The van der Waals surface area contributed by atoms with Crippen LogP contribution in [0.4, 0.5) is 0 Å². The number of benzene rings is 1. The average molecular weight is 282 g/mol. The number of rotatable bonds is 5. The monoisotopic (exact) mass is 282 g/mol. The minimum atomic E-state index is 0.0970. The molecule has 0 heterocycles.